The molecule has 4 N–H and O–H groups in total. The monoisotopic (exact) mass is 379 g/mol. The number of alkyl halides is 3. The lowest BCUT2D eigenvalue weighted by Crippen LogP contribution is -2.36. The first-order chi connectivity index (χ1) is 12.9. The van der Waals surface area contributed by atoms with E-state index < -0.39 is 18.8 Å². The SMILES string of the molecule is O=C(NCC(F)(F)F)Nc1cccc(-c2cnc3cc(CNO)ccn23)c1. The van der Waals surface area contributed by atoms with Gasteiger partial charge >= 0.3 is 12.2 Å². The summed E-state index contributed by atoms with van der Waals surface area (Å²) in [4.78, 5) is 15.9. The number of carbonyl (C=O) groups excluding carboxylic acids is 1. The van der Waals surface area contributed by atoms with E-state index in [0.29, 0.717) is 11.3 Å². The summed E-state index contributed by atoms with van der Waals surface area (Å²) < 4.78 is 38.3. The number of nitrogens with one attached hydrogen (secondary N) is 3. The molecule has 0 atom stereocenters. The van der Waals surface area contributed by atoms with Crippen LogP contribution < -0.4 is 16.1 Å². The number of halogens is 3. The maximum Gasteiger partial charge on any atom is 0.405 e. The molecule has 7 nitrogen and oxygen atoms in total. The normalized spacial score (nSPS) is 11.6. The smallest absolute Gasteiger partial charge is 0.329 e. The van der Waals surface area contributed by atoms with Gasteiger partial charge in [0.15, 0.2) is 0 Å². The zero-order valence-electron chi connectivity index (χ0n) is 13.9. The van der Waals surface area contributed by atoms with Gasteiger partial charge in [0.1, 0.15) is 12.2 Å². The number of amides is 2. The molecule has 2 amide bonds. The van der Waals surface area contributed by atoms with Crippen LogP contribution in [0.15, 0.2) is 48.8 Å². The van der Waals surface area contributed by atoms with E-state index in [2.05, 4.69) is 15.8 Å². The summed E-state index contributed by atoms with van der Waals surface area (Å²) in [5.41, 5.74) is 5.41. The van der Waals surface area contributed by atoms with Crippen LogP contribution >= 0.6 is 0 Å². The van der Waals surface area contributed by atoms with Gasteiger partial charge in [-0.1, -0.05) is 12.1 Å². The summed E-state index contributed by atoms with van der Waals surface area (Å²) in [6.45, 7) is -1.12. The van der Waals surface area contributed by atoms with E-state index in [-0.39, 0.29) is 6.54 Å². The molecule has 2 heterocycles. The summed E-state index contributed by atoms with van der Waals surface area (Å²) in [7, 11) is 0. The number of nitrogens with zero attached hydrogens (tertiary/aromatic N) is 2. The number of imidazole rings is 1. The summed E-state index contributed by atoms with van der Waals surface area (Å²) in [6, 6.07) is 9.37. The minimum absolute atomic E-state index is 0.283. The predicted molar refractivity (Wildman–Crippen MR) is 92.3 cm³/mol. The van der Waals surface area contributed by atoms with Gasteiger partial charge in [0.2, 0.25) is 0 Å². The number of hydroxylamine groups is 1. The van der Waals surface area contributed by atoms with Gasteiger partial charge in [0.25, 0.3) is 0 Å². The van der Waals surface area contributed by atoms with E-state index in [4.69, 9.17) is 5.21 Å². The van der Waals surface area contributed by atoms with Crippen molar-refractivity contribution < 1.29 is 23.2 Å². The number of hydrogen-bond donors (Lipinski definition) is 4. The zero-order chi connectivity index (χ0) is 19.4. The molecular weight excluding hydrogens is 363 g/mol. The van der Waals surface area contributed by atoms with Crippen LogP contribution in [-0.4, -0.2) is 33.3 Å². The van der Waals surface area contributed by atoms with Crippen molar-refractivity contribution in [3.05, 3.63) is 54.4 Å². The number of hydrogen-bond acceptors (Lipinski definition) is 4. The first kappa shape index (κ1) is 18.7. The minimum Gasteiger partial charge on any atom is -0.329 e. The topological polar surface area (TPSA) is 90.7 Å². The second-order valence-corrected chi connectivity index (χ2v) is 5.75. The minimum atomic E-state index is -4.47. The summed E-state index contributed by atoms with van der Waals surface area (Å²) in [5, 5.41) is 12.9. The van der Waals surface area contributed by atoms with E-state index >= 15 is 0 Å². The molecule has 0 unspecified atom stereocenters. The number of aromatic nitrogens is 2. The lowest BCUT2D eigenvalue weighted by molar-refractivity contribution is -0.122. The molecule has 0 fully saturated rings. The van der Waals surface area contributed by atoms with E-state index in [1.54, 1.807) is 48.0 Å². The Morgan fingerprint density at radius 1 is 1.22 bits per heavy atom. The Labute approximate surface area is 151 Å². The highest BCUT2D eigenvalue weighted by atomic mass is 19.4. The molecule has 10 heteroatoms. The maximum absolute atomic E-state index is 12.2. The van der Waals surface area contributed by atoms with E-state index in [1.807, 2.05) is 10.5 Å². The third kappa shape index (κ3) is 4.74. The maximum atomic E-state index is 12.2. The van der Waals surface area contributed by atoms with Gasteiger partial charge in [-0.2, -0.15) is 13.2 Å². The van der Waals surface area contributed by atoms with Gasteiger partial charge in [-0.25, -0.2) is 15.3 Å². The molecule has 0 radical (unpaired) electrons. The Balaban J connectivity index is 1.79. The highest BCUT2D eigenvalue weighted by molar-refractivity contribution is 5.90. The van der Waals surface area contributed by atoms with Crippen molar-refractivity contribution >= 4 is 17.4 Å². The van der Waals surface area contributed by atoms with Crippen LogP contribution in [0.4, 0.5) is 23.7 Å². The Morgan fingerprint density at radius 2 is 2.04 bits per heavy atom. The third-order valence-corrected chi connectivity index (χ3v) is 3.73. The van der Waals surface area contributed by atoms with Crippen LogP contribution in [0.3, 0.4) is 0 Å². The van der Waals surface area contributed by atoms with Crippen LogP contribution in [0, 0.1) is 0 Å². The molecule has 0 bridgehead atoms. The first-order valence-corrected chi connectivity index (χ1v) is 7.91. The largest absolute Gasteiger partial charge is 0.405 e. The Hall–Kier alpha value is -3.11. The van der Waals surface area contributed by atoms with Crippen molar-refractivity contribution in [1.29, 1.82) is 0 Å². The van der Waals surface area contributed by atoms with E-state index in [1.165, 1.54) is 0 Å². The third-order valence-electron chi connectivity index (χ3n) is 3.73. The molecule has 2 aromatic heterocycles. The van der Waals surface area contributed by atoms with E-state index in [0.717, 1.165) is 16.8 Å². The molecule has 0 saturated carbocycles. The molecule has 3 rings (SSSR count). The summed E-state index contributed by atoms with van der Waals surface area (Å²) in [6.07, 6.45) is -1.03. The molecule has 0 aliphatic rings. The molecule has 1 aromatic carbocycles. The van der Waals surface area contributed by atoms with Crippen LogP contribution in [-0.2, 0) is 6.54 Å². The quantitative estimate of drug-likeness (QED) is 0.513. The van der Waals surface area contributed by atoms with Crippen LogP contribution in [0.25, 0.3) is 16.9 Å². The van der Waals surface area contributed by atoms with Crippen LogP contribution in [0.1, 0.15) is 5.56 Å². The standard InChI is InChI=1S/C17H16F3N5O2/c18-17(19,20)10-22-16(26)24-13-3-1-2-12(7-13)14-9-21-15-6-11(8-23-27)4-5-25(14)15/h1-7,9,23,27H,8,10H2,(H2,22,24,26). The lowest BCUT2D eigenvalue weighted by Gasteiger charge is -2.11. The summed E-state index contributed by atoms with van der Waals surface area (Å²) in [5.74, 6) is 0. The number of urea groups is 1. The number of anilines is 1. The van der Waals surface area contributed by atoms with E-state index in [9.17, 15) is 18.0 Å². The van der Waals surface area contributed by atoms with Crippen molar-refractivity contribution in [3.63, 3.8) is 0 Å². The zero-order valence-corrected chi connectivity index (χ0v) is 13.9. The fourth-order valence-electron chi connectivity index (χ4n) is 2.55. The van der Waals surface area contributed by atoms with Gasteiger partial charge in [-0.15, -0.1) is 0 Å². The molecule has 0 aliphatic heterocycles. The molecule has 0 saturated heterocycles. The van der Waals surface area contributed by atoms with Gasteiger partial charge < -0.3 is 15.8 Å². The van der Waals surface area contributed by atoms with Crippen molar-refractivity contribution in [2.45, 2.75) is 12.7 Å². The van der Waals surface area contributed by atoms with Crippen molar-refractivity contribution in [2.24, 2.45) is 0 Å². The average molecular weight is 379 g/mol. The van der Waals surface area contributed by atoms with Gasteiger partial charge in [0, 0.05) is 24.0 Å². The molecule has 3 aromatic rings. The van der Waals surface area contributed by atoms with Gasteiger partial charge in [-0.05, 0) is 29.8 Å². The second-order valence-electron chi connectivity index (χ2n) is 5.75. The van der Waals surface area contributed by atoms with Crippen molar-refractivity contribution in [3.8, 4) is 11.3 Å². The molecular formula is C17H16F3N5O2. The number of fused-ring (bicyclic) bond motifs is 1. The van der Waals surface area contributed by atoms with Gasteiger partial charge in [-0.3, -0.25) is 4.40 Å². The number of pyridine rings is 1. The highest BCUT2D eigenvalue weighted by Crippen LogP contribution is 2.24. The highest BCUT2D eigenvalue weighted by Gasteiger charge is 2.27. The van der Waals surface area contributed by atoms with Crippen molar-refractivity contribution in [2.75, 3.05) is 11.9 Å². The van der Waals surface area contributed by atoms with Crippen molar-refractivity contribution in [1.82, 2.24) is 20.2 Å². The molecule has 0 aliphatic carbocycles. The van der Waals surface area contributed by atoms with Gasteiger partial charge in [0.05, 0.1) is 11.9 Å². The number of benzene rings is 1. The predicted octanol–water partition coefficient (Wildman–Crippen LogP) is 3.16. The summed E-state index contributed by atoms with van der Waals surface area (Å²) >= 11 is 0. The Bertz CT molecular complexity index is 955. The fourth-order valence-corrected chi connectivity index (χ4v) is 2.55. The second kappa shape index (κ2) is 7.64. The Morgan fingerprint density at radius 3 is 2.78 bits per heavy atom. The first-order valence-electron chi connectivity index (χ1n) is 7.91. The molecule has 27 heavy (non-hydrogen) atoms. The lowest BCUT2D eigenvalue weighted by atomic mass is 10.1. The molecule has 142 valence electrons. The molecule has 0 spiro atoms. The Kier molecular flexibility index (Phi) is 5.28. The average Bonchev–Trinajstić information content (AvgIpc) is 3.03. The number of rotatable bonds is 5. The van der Waals surface area contributed by atoms with Crippen LogP contribution in [0.2, 0.25) is 0 Å². The van der Waals surface area contributed by atoms with Crippen LogP contribution in [0.5, 0.6) is 0 Å². The fraction of sp³-hybridized carbons (Fsp3) is 0.176. The number of carbonyl (C=O) groups is 1.